The molecule has 0 aliphatic carbocycles. The van der Waals surface area contributed by atoms with Crippen LogP contribution in [0.15, 0.2) is 35.5 Å². The number of ether oxygens (including phenoxy) is 1. The number of aryl methyl sites for hydroxylation is 2. The first-order chi connectivity index (χ1) is 13.9. The summed E-state index contributed by atoms with van der Waals surface area (Å²) in [4.78, 5) is 35.6. The molecule has 0 bridgehead atoms. The molecule has 1 aliphatic rings. The fourth-order valence-corrected chi connectivity index (χ4v) is 4.41. The molecule has 6 nitrogen and oxygen atoms in total. The lowest BCUT2D eigenvalue weighted by Crippen LogP contribution is -2.41. The van der Waals surface area contributed by atoms with E-state index in [-0.39, 0.29) is 12.5 Å². The zero-order chi connectivity index (χ0) is 20.8. The third-order valence-corrected chi connectivity index (χ3v) is 5.79. The minimum Gasteiger partial charge on any atom is -0.452 e. The zero-order valence-corrected chi connectivity index (χ0v) is 18.0. The van der Waals surface area contributed by atoms with E-state index in [0.29, 0.717) is 22.4 Å². The average molecular weight is 414 g/mol. The van der Waals surface area contributed by atoms with Crippen LogP contribution >= 0.6 is 11.8 Å². The van der Waals surface area contributed by atoms with Crippen molar-refractivity contribution in [2.75, 3.05) is 19.7 Å². The predicted molar refractivity (Wildman–Crippen MR) is 113 cm³/mol. The van der Waals surface area contributed by atoms with Gasteiger partial charge in [0.15, 0.2) is 11.8 Å². The number of aromatic nitrogens is 2. The molecule has 2 heterocycles. The first kappa shape index (κ1) is 21.3. The second-order valence-corrected chi connectivity index (χ2v) is 8.48. The number of nitrogens with zero attached hydrogens (tertiary/aromatic N) is 3. The molecule has 0 saturated carbocycles. The fourth-order valence-electron chi connectivity index (χ4n) is 3.46. The largest absolute Gasteiger partial charge is 0.452 e. The van der Waals surface area contributed by atoms with E-state index in [1.165, 1.54) is 11.8 Å². The number of rotatable bonds is 6. The maximum Gasteiger partial charge on any atom is 0.338 e. The lowest BCUT2D eigenvalue weighted by Gasteiger charge is -2.30. The van der Waals surface area contributed by atoms with Crippen molar-refractivity contribution in [2.24, 2.45) is 5.92 Å². The van der Waals surface area contributed by atoms with E-state index in [1.54, 1.807) is 17.0 Å². The van der Waals surface area contributed by atoms with Gasteiger partial charge in [-0.05, 0) is 50.3 Å². The van der Waals surface area contributed by atoms with Crippen LogP contribution in [-0.2, 0) is 15.3 Å². The van der Waals surface area contributed by atoms with Gasteiger partial charge in [0.25, 0.3) is 5.91 Å². The maximum absolute atomic E-state index is 12.6. The van der Waals surface area contributed by atoms with Gasteiger partial charge in [0, 0.05) is 30.2 Å². The maximum atomic E-state index is 12.6. The molecule has 29 heavy (non-hydrogen) atoms. The zero-order valence-electron chi connectivity index (χ0n) is 17.2. The van der Waals surface area contributed by atoms with Crippen LogP contribution in [0, 0.1) is 19.8 Å². The molecule has 1 atom stereocenters. The minimum absolute atomic E-state index is 0.125. The first-order valence-corrected chi connectivity index (χ1v) is 10.9. The average Bonchev–Trinajstić information content (AvgIpc) is 2.69. The van der Waals surface area contributed by atoms with Crippen LogP contribution in [0.1, 0.15) is 47.1 Å². The van der Waals surface area contributed by atoms with Crippen molar-refractivity contribution in [3.05, 3.63) is 52.8 Å². The molecule has 1 amide bonds. The van der Waals surface area contributed by atoms with Crippen LogP contribution in [0.25, 0.3) is 0 Å². The molecule has 3 rings (SSSR count). The van der Waals surface area contributed by atoms with Crippen molar-refractivity contribution in [1.82, 2.24) is 14.9 Å². The second kappa shape index (κ2) is 9.87. The standard InChI is InChI=1S/C22H27N3O3S/c1-15-7-6-10-25(12-15)20(26)13-28-21(27)19-9-5-4-8-18(19)14-29-22-23-16(2)11-17(3)24-22/h4-5,8-9,11,15H,6-7,10,12-14H2,1-3H3/t15-/m1/s1. The summed E-state index contributed by atoms with van der Waals surface area (Å²) in [5.41, 5.74) is 3.14. The van der Waals surface area contributed by atoms with E-state index < -0.39 is 5.97 Å². The van der Waals surface area contributed by atoms with Gasteiger partial charge in [-0.3, -0.25) is 4.79 Å². The van der Waals surface area contributed by atoms with Gasteiger partial charge in [0.2, 0.25) is 0 Å². The Morgan fingerprint density at radius 3 is 2.66 bits per heavy atom. The summed E-state index contributed by atoms with van der Waals surface area (Å²) in [6.07, 6.45) is 2.14. The Kier molecular flexibility index (Phi) is 7.25. The molecule has 0 spiro atoms. The van der Waals surface area contributed by atoms with Gasteiger partial charge in [-0.25, -0.2) is 14.8 Å². The minimum atomic E-state index is -0.471. The Bertz CT molecular complexity index is 867. The van der Waals surface area contributed by atoms with E-state index in [2.05, 4.69) is 16.9 Å². The smallest absolute Gasteiger partial charge is 0.338 e. The molecule has 0 N–H and O–H groups in total. The van der Waals surface area contributed by atoms with Crippen molar-refractivity contribution < 1.29 is 14.3 Å². The number of carbonyl (C=O) groups excluding carboxylic acids is 2. The lowest BCUT2D eigenvalue weighted by atomic mass is 10.0. The van der Waals surface area contributed by atoms with Gasteiger partial charge in [-0.1, -0.05) is 36.9 Å². The summed E-state index contributed by atoms with van der Waals surface area (Å²) < 4.78 is 5.34. The van der Waals surface area contributed by atoms with Crippen LogP contribution in [0.2, 0.25) is 0 Å². The number of hydrogen-bond donors (Lipinski definition) is 0. The molecule has 0 radical (unpaired) electrons. The molecule has 0 unspecified atom stereocenters. The summed E-state index contributed by atoms with van der Waals surface area (Å²) in [6, 6.07) is 9.23. The highest BCUT2D eigenvalue weighted by atomic mass is 32.2. The van der Waals surface area contributed by atoms with E-state index in [9.17, 15) is 9.59 Å². The number of likely N-dealkylation sites (tertiary alicyclic amines) is 1. The quantitative estimate of drug-likeness (QED) is 0.407. The number of carbonyl (C=O) groups is 2. The Balaban J connectivity index is 1.60. The van der Waals surface area contributed by atoms with Crippen LogP contribution < -0.4 is 0 Å². The Morgan fingerprint density at radius 1 is 1.21 bits per heavy atom. The third-order valence-electron chi connectivity index (χ3n) is 4.89. The number of benzene rings is 1. The summed E-state index contributed by atoms with van der Waals surface area (Å²) in [7, 11) is 0. The summed E-state index contributed by atoms with van der Waals surface area (Å²) in [5.74, 6) is 0.445. The molecular weight excluding hydrogens is 386 g/mol. The highest BCUT2D eigenvalue weighted by Crippen LogP contribution is 2.23. The van der Waals surface area contributed by atoms with E-state index in [1.807, 2.05) is 32.0 Å². The molecule has 1 fully saturated rings. The monoisotopic (exact) mass is 413 g/mol. The predicted octanol–water partition coefficient (Wildman–Crippen LogP) is 3.80. The van der Waals surface area contributed by atoms with Gasteiger partial charge >= 0.3 is 5.97 Å². The number of thioether (sulfide) groups is 1. The van der Waals surface area contributed by atoms with Crippen LogP contribution in [0.4, 0.5) is 0 Å². The third kappa shape index (κ3) is 6.03. The normalized spacial score (nSPS) is 16.5. The van der Waals surface area contributed by atoms with Crippen LogP contribution in [-0.4, -0.2) is 46.4 Å². The van der Waals surface area contributed by atoms with Crippen molar-refractivity contribution in [3.8, 4) is 0 Å². The molecule has 1 saturated heterocycles. The molecule has 1 aromatic carbocycles. The van der Waals surface area contributed by atoms with Gasteiger partial charge in [-0.2, -0.15) is 0 Å². The van der Waals surface area contributed by atoms with Crippen molar-refractivity contribution in [1.29, 1.82) is 0 Å². The number of piperidine rings is 1. The highest BCUT2D eigenvalue weighted by molar-refractivity contribution is 7.98. The lowest BCUT2D eigenvalue weighted by molar-refractivity contribution is -0.136. The summed E-state index contributed by atoms with van der Waals surface area (Å²) >= 11 is 1.48. The van der Waals surface area contributed by atoms with Gasteiger partial charge in [-0.15, -0.1) is 0 Å². The summed E-state index contributed by atoms with van der Waals surface area (Å²) in [5, 5.41) is 0.681. The summed E-state index contributed by atoms with van der Waals surface area (Å²) in [6.45, 7) is 7.27. The number of amides is 1. The number of esters is 1. The Morgan fingerprint density at radius 2 is 1.93 bits per heavy atom. The first-order valence-electron chi connectivity index (χ1n) is 9.90. The molecular formula is C22H27N3O3S. The van der Waals surface area contributed by atoms with Gasteiger partial charge in [0.05, 0.1) is 5.56 Å². The van der Waals surface area contributed by atoms with Crippen molar-refractivity contribution in [2.45, 2.75) is 44.5 Å². The number of hydrogen-bond acceptors (Lipinski definition) is 6. The second-order valence-electron chi connectivity index (χ2n) is 7.54. The van der Waals surface area contributed by atoms with E-state index in [4.69, 9.17) is 4.74 Å². The topological polar surface area (TPSA) is 72.4 Å². The Hall–Kier alpha value is -2.41. The molecule has 154 valence electrons. The van der Waals surface area contributed by atoms with Crippen LogP contribution in [0.5, 0.6) is 0 Å². The molecule has 7 heteroatoms. The molecule has 2 aromatic rings. The molecule has 1 aromatic heterocycles. The van der Waals surface area contributed by atoms with E-state index >= 15 is 0 Å². The SMILES string of the molecule is Cc1cc(C)nc(SCc2ccccc2C(=O)OCC(=O)N2CCC[C@@H](C)C2)n1. The van der Waals surface area contributed by atoms with Crippen LogP contribution in [0.3, 0.4) is 0 Å². The molecule has 1 aliphatic heterocycles. The fraction of sp³-hybridized carbons (Fsp3) is 0.455. The van der Waals surface area contributed by atoms with E-state index in [0.717, 1.165) is 42.9 Å². The van der Waals surface area contributed by atoms with Gasteiger partial charge < -0.3 is 9.64 Å². The van der Waals surface area contributed by atoms with Crippen molar-refractivity contribution in [3.63, 3.8) is 0 Å². The Labute approximate surface area is 176 Å². The van der Waals surface area contributed by atoms with Gasteiger partial charge in [0.1, 0.15) is 0 Å². The highest BCUT2D eigenvalue weighted by Gasteiger charge is 2.22. The van der Waals surface area contributed by atoms with Crippen molar-refractivity contribution >= 4 is 23.6 Å².